The predicted octanol–water partition coefficient (Wildman–Crippen LogP) is 2.99. The lowest BCUT2D eigenvalue weighted by molar-refractivity contribution is -0.385. The van der Waals surface area contributed by atoms with Crippen LogP contribution in [0.2, 0.25) is 5.02 Å². The average molecular weight is 308 g/mol. The molecular formula is C14H14ClN3O3. The number of nitro groups is 1. The van der Waals surface area contributed by atoms with Crippen molar-refractivity contribution in [3.05, 3.63) is 62.4 Å². The van der Waals surface area contributed by atoms with Gasteiger partial charge in [0, 0.05) is 18.3 Å². The zero-order valence-corrected chi connectivity index (χ0v) is 12.1. The third kappa shape index (κ3) is 3.48. The third-order valence-electron chi connectivity index (χ3n) is 2.93. The van der Waals surface area contributed by atoms with Crippen molar-refractivity contribution >= 4 is 17.3 Å². The molecule has 0 aliphatic rings. The van der Waals surface area contributed by atoms with Crippen LogP contribution in [-0.2, 0) is 13.2 Å². The molecule has 0 spiro atoms. The van der Waals surface area contributed by atoms with Crippen LogP contribution in [0.4, 0.5) is 5.69 Å². The van der Waals surface area contributed by atoms with Crippen LogP contribution in [0, 0.1) is 17.0 Å². The fourth-order valence-corrected chi connectivity index (χ4v) is 2.11. The van der Waals surface area contributed by atoms with Crippen molar-refractivity contribution in [1.29, 1.82) is 0 Å². The van der Waals surface area contributed by atoms with E-state index in [0.717, 1.165) is 5.69 Å². The zero-order chi connectivity index (χ0) is 15.4. The summed E-state index contributed by atoms with van der Waals surface area (Å²) < 4.78 is 5.61. The maximum absolute atomic E-state index is 11.0. The molecular weight excluding hydrogens is 294 g/mol. The molecule has 7 heteroatoms. The minimum Gasteiger partial charge on any atom is -0.487 e. The Kier molecular flexibility index (Phi) is 4.72. The molecule has 0 radical (unpaired) electrons. The molecule has 2 aromatic rings. The van der Waals surface area contributed by atoms with Gasteiger partial charge in [-0.25, -0.2) is 0 Å². The van der Waals surface area contributed by atoms with E-state index in [4.69, 9.17) is 22.1 Å². The highest BCUT2D eigenvalue weighted by molar-refractivity contribution is 6.31. The molecule has 0 bridgehead atoms. The Bertz CT molecular complexity index is 677. The van der Waals surface area contributed by atoms with E-state index in [1.165, 1.54) is 12.1 Å². The minimum absolute atomic E-state index is 0.0201. The van der Waals surface area contributed by atoms with Crippen LogP contribution in [0.25, 0.3) is 0 Å². The van der Waals surface area contributed by atoms with Crippen molar-refractivity contribution in [1.82, 2.24) is 4.98 Å². The van der Waals surface area contributed by atoms with Gasteiger partial charge in [-0.15, -0.1) is 0 Å². The van der Waals surface area contributed by atoms with E-state index in [1.54, 1.807) is 18.2 Å². The molecule has 1 aromatic carbocycles. The van der Waals surface area contributed by atoms with Gasteiger partial charge in [0.05, 0.1) is 21.2 Å². The molecule has 0 aliphatic heterocycles. The second kappa shape index (κ2) is 6.51. The Morgan fingerprint density at radius 3 is 2.81 bits per heavy atom. The number of nitrogens with zero attached hydrogens (tertiary/aromatic N) is 2. The van der Waals surface area contributed by atoms with E-state index in [0.29, 0.717) is 22.0 Å². The molecule has 1 heterocycles. The predicted molar refractivity (Wildman–Crippen MR) is 79.3 cm³/mol. The van der Waals surface area contributed by atoms with Gasteiger partial charge in [0.2, 0.25) is 0 Å². The number of hydrogen-bond donors (Lipinski definition) is 1. The van der Waals surface area contributed by atoms with E-state index in [2.05, 4.69) is 4.98 Å². The van der Waals surface area contributed by atoms with Crippen LogP contribution in [0.15, 0.2) is 30.3 Å². The van der Waals surface area contributed by atoms with Gasteiger partial charge < -0.3 is 10.5 Å². The summed E-state index contributed by atoms with van der Waals surface area (Å²) in [4.78, 5) is 14.8. The summed E-state index contributed by atoms with van der Waals surface area (Å²) in [5.74, 6) is 0.498. The first-order valence-corrected chi connectivity index (χ1v) is 6.62. The molecule has 0 aliphatic carbocycles. The number of benzene rings is 1. The normalized spacial score (nSPS) is 10.4. The van der Waals surface area contributed by atoms with Crippen molar-refractivity contribution in [3.63, 3.8) is 0 Å². The summed E-state index contributed by atoms with van der Waals surface area (Å²) in [7, 11) is 0. The molecule has 1 aromatic heterocycles. The van der Waals surface area contributed by atoms with Gasteiger partial charge >= 0.3 is 0 Å². The summed E-state index contributed by atoms with van der Waals surface area (Å²) in [6.07, 6.45) is 0. The summed E-state index contributed by atoms with van der Waals surface area (Å²) in [6, 6.07) is 8.04. The molecule has 0 fully saturated rings. The quantitative estimate of drug-likeness (QED) is 0.677. The number of pyridine rings is 1. The lowest BCUT2D eigenvalue weighted by atomic mass is 10.2. The molecule has 110 valence electrons. The van der Waals surface area contributed by atoms with Crippen LogP contribution in [0.3, 0.4) is 0 Å². The Hall–Kier alpha value is -2.18. The highest BCUT2D eigenvalue weighted by atomic mass is 35.5. The fraction of sp³-hybridized carbons (Fsp3) is 0.214. The molecule has 21 heavy (non-hydrogen) atoms. The minimum atomic E-state index is -0.484. The number of halogens is 1. The largest absolute Gasteiger partial charge is 0.487 e. The first-order valence-electron chi connectivity index (χ1n) is 6.24. The third-order valence-corrected chi connectivity index (χ3v) is 3.28. The average Bonchev–Trinajstić information content (AvgIpc) is 2.46. The van der Waals surface area contributed by atoms with E-state index < -0.39 is 4.92 Å². The molecule has 0 atom stereocenters. The van der Waals surface area contributed by atoms with Gasteiger partial charge in [-0.1, -0.05) is 17.7 Å². The summed E-state index contributed by atoms with van der Waals surface area (Å²) in [5.41, 5.74) is 7.30. The highest BCUT2D eigenvalue weighted by Crippen LogP contribution is 2.28. The SMILES string of the molecule is Cc1ccc(OCc2c(Cl)cccc2[N+](=O)[O-])c(CN)n1. The standard InChI is InChI=1S/C14H14ClN3O3/c1-9-5-6-14(12(7-16)17-9)21-8-10-11(15)3-2-4-13(10)18(19)20/h2-6H,7-8,16H2,1H3. The van der Waals surface area contributed by atoms with E-state index in [-0.39, 0.29) is 18.8 Å². The number of nitrogens with two attached hydrogens (primary N) is 1. The summed E-state index contributed by atoms with van der Waals surface area (Å²) >= 11 is 6.01. The first kappa shape index (κ1) is 15.2. The second-order valence-corrected chi connectivity index (χ2v) is 4.79. The molecule has 0 amide bonds. The molecule has 0 unspecified atom stereocenters. The van der Waals surface area contributed by atoms with Crippen molar-refractivity contribution < 1.29 is 9.66 Å². The molecule has 2 N–H and O–H groups in total. The molecule has 0 saturated heterocycles. The van der Waals surface area contributed by atoms with Crippen LogP contribution in [0.1, 0.15) is 17.0 Å². The number of aryl methyl sites for hydroxylation is 1. The van der Waals surface area contributed by atoms with Gasteiger partial charge in [-0.2, -0.15) is 0 Å². The van der Waals surface area contributed by atoms with E-state index in [1.807, 2.05) is 6.92 Å². The number of ether oxygens (including phenoxy) is 1. The highest BCUT2D eigenvalue weighted by Gasteiger charge is 2.17. The van der Waals surface area contributed by atoms with Gasteiger partial charge in [0.15, 0.2) is 0 Å². The van der Waals surface area contributed by atoms with Gasteiger partial charge in [0.1, 0.15) is 12.4 Å². The number of rotatable bonds is 5. The van der Waals surface area contributed by atoms with E-state index >= 15 is 0 Å². The first-order chi connectivity index (χ1) is 10.0. The number of hydrogen-bond acceptors (Lipinski definition) is 5. The summed E-state index contributed by atoms with van der Waals surface area (Å²) in [5, 5.41) is 11.3. The Labute approximate surface area is 126 Å². The monoisotopic (exact) mass is 307 g/mol. The maximum atomic E-state index is 11.0. The smallest absolute Gasteiger partial charge is 0.277 e. The van der Waals surface area contributed by atoms with Crippen molar-refractivity contribution in [2.24, 2.45) is 5.73 Å². The van der Waals surface area contributed by atoms with Gasteiger partial charge in [-0.3, -0.25) is 15.1 Å². The Morgan fingerprint density at radius 2 is 2.14 bits per heavy atom. The van der Waals surface area contributed by atoms with Crippen molar-refractivity contribution in [2.45, 2.75) is 20.1 Å². The van der Waals surface area contributed by atoms with Crippen LogP contribution in [-0.4, -0.2) is 9.91 Å². The number of nitro benzene ring substituents is 1. The molecule has 0 saturated carbocycles. The topological polar surface area (TPSA) is 91.3 Å². The maximum Gasteiger partial charge on any atom is 0.277 e. The van der Waals surface area contributed by atoms with Crippen LogP contribution in [0.5, 0.6) is 5.75 Å². The Balaban J connectivity index is 2.27. The van der Waals surface area contributed by atoms with Gasteiger partial charge in [0.25, 0.3) is 5.69 Å². The molecule has 2 rings (SSSR count). The van der Waals surface area contributed by atoms with Crippen molar-refractivity contribution in [3.8, 4) is 5.75 Å². The molecule has 6 nitrogen and oxygen atoms in total. The fourth-order valence-electron chi connectivity index (χ4n) is 1.89. The van der Waals surface area contributed by atoms with Crippen molar-refractivity contribution in [2.75, 3.05) is 0 Å². The van der Waals surface area contributed by atoms with Crippen LogP contribution >= 0.6 is 11.6 Å². The van der Waals surface area contributed by atoms with E-state index in [9.17, 15) is 10.1 Å². The zero-order valence-electron chi connectivity index (χ0n) is 11.4. The van der Waals surface area contributed by atoms with Gasteiger partial charge in [-0.05, 0) is 25.1 Å². The summed E-state index contributed by atoms with van der Waals surface area (Å²) in [6.45, 7) is 2.05. The number of aromatic nitrogens is 1. The lowest BCUT2D eigenvalue weighted by Gasteiger charge is -2.11. The lowest BCUT2D eigenvalue weighted by Crippen LogP contribution is -2.07. The Morgan fingerprint density at radius 1 is 1.38 bits per heavy atom. The van der Waals surface area contributed by atoms with Crippen LogP contribution < -0.4 is 10.5 Å². The second-order valence-electron chi connectivity index (χ2n) is 4.38.